The van der Waals surface area contributed by atoms with E-state index in [1.807, 2.05) is 24.3 Å². The van der Waals surface area contributed by atoms with Crippen molar-refractivity contribution in [2.75, 3.05) is 19.7 Å². The minimum atomic E-state index is -0.835. The van der Waals surface area contributed by atoms with Crippen LogP contribution in [0.5, 0.6) is 0 Å². The van der Waals surface area contributed by atoms with E-state index < -0.39 is 18.1 Å². The number of ether oxygens (including phenoxy) is 1. The molecule has 1 saturated heterocycles. The minimum Gasteiger partial charge on any atom is -0.481 e. The van der Waals surface area contributed by atoms with Crippen molar-refractivity contribution in [1.29, 1.82) is 0 Å². The third-order valence-corrected chi connectivity index (χ3v) is 6.45. The zero-order valence-corrected chi connectivity index (χ0v) is 19.1. The van der Waals surface area contributed by atoms with Crippen molar-refractivity contribution in [3.63, 3.8) is 0 Å². The summed E-state index contributed by atoms with van der Waals surface area (Å²) in [5.41, 5.74) is 4.53. The number of fused-ring (bicyclic) bond motifs is 3. The monoisotopic (exact) mass is 460 g/mol. The molecule has 2 N–H and O–H groups in total. The second-order valence-corrected chi connectivity index (χ2v) is 8.70. The Morgan fingerprint density at radius 3 is 2.29 bits per heavy atom. The number of amides is 2. The number of hydrogen-bond donors (Lipinski definition) is 2. The summed E-state index contributed by atoms with van der Waals surface area (Å²) in [6, 6.07) is 15.4. The first-order chi connectivity index (χ1) is 16.5. The Labute approximate surface area is 199 Å². The van der Waals surface area contributed by atoms with Gasteiger partial charge in [0.25, 0.3) is 0 Å². The lowest BCUT2D eigenvalue weighted by Gasteiger charge is -2.40. The van der Waals surface area contributed by atoms with E-state index in [1.54, 1.807) is 11.8 Å². The molecule has 0 bridgehead atoms. The summed E-state index contributed by atoms with van der Waals surface area (Å²) in [6.45, 7) is 2.84. The number of rotatable bonds is 8. The molecular weight excluding hydrogens is 432 g/mol. The van der Waals surface area contributed by atoms with Crippen molar-refractivity contribution in [2.45, 2.75) is 38.1 Å². The van der Waals surface area contributed by atoms with E-state index in [2.05, 4.69) is 41.4 Å². The van der Waals surface area contributed by atoms with Gasteiger partial charge >= 0.3 is 12.1 Å². The largest absolute Gasteiger partial charge is 0.481 e. The summed E-state index contributed by atoms with van der Waals surface area (Å²) >= 11 is 0. The highest BCUT2D eigenvalue weighted by Gasteiger charge is 2.35. The number of carboxylic acid groups (broad SMARTS) is 1. The van der Waals surface area contributed by atoms with Crippen LogP contribution in [0.3, 0.4) is 0 Å². The van der Waals surface area contributed by atoms with Crippen molar-refractivity contribution in [2.24, 2.45) is 5.92 Å². The fraction of sp³-hybridized carbons (Fsp3) is 0.370. The number of hydrogen-bond acceptors (Lipinski definition) is 4. The number of benzene rings is 2. The van der Waals surface area contributed by atoms with Gasteiger partial charge in [-0.25, -0.2) is 4.79 Å². The van der Waals surface area contributed by atoms with E-state index in [9.17, 15) is 14.4 Å². The first-order valence-corrected chi connectivity index (χ1v) is 11.5. The molecule has 0 spiro atoms. The molecule has 1 fully saturated rings. The van der Waals surface area contributed by atoms with Gasteiger partial charge in [-0.3, -0.25) is 9.59 Å². The molecule has 176 valence electrons. The van der Waals surface area contributed by atoms with Crippen LogP contribution >= 0.6 is 0 Å². The number of aliphatic carboxylic acids is 1. The predicted octanol–water partition coefficient (Wildman–Crippen LogP) is 3.63. The summed E-state index contributed by atoms with van der Waals surface area (Å²) in [5, 5.41) is 11.5. The lowest BCUT2D eigenvalue weighted by atomic mass is 9.93. The first kappa shape index (κ1) is 23.4. The van der Waals surface area contributed by atoms with Gasteiger partial charge in [0.05, 0.1) is 0 Å². The molecule has 0 aromatic heterocycles. The summed E-state index contributed by atoms with van der Waals surface area (Å²) in [5.74, 6) is 4.69. The number of alkyl carbamates (subject to hydrolysis) is 1. The van der Waals surface area contributed by atoms with Crippen molar-refractivity contribution < 1.29 is 24.2 Å². The molecular formula is C27H28N2O5. The van der Waals surface area contributed by atoms with Gasteiger partial charge in [0.1, 0.15) is 12.6 Å². The molecule has 2 aliphatic rings. The van der Waals surface area contributed by atoms with Gasteiger partial charge in [0.2, 0.25) is 5.91 Å². The number of likely N-dealkylation sites (tertiary alicyclic amines) is 1. The van der Waals surface area contributed by atoms with Crippen LogP contribution < -0.4 is 5.32 Å². The van der Waals surface area contributed by atoms with Crippen LogP contribution in [0.2, 0.25) is 0 Å². The Morgan fingerprint density at radius 2 is 1.71 bits per heavy atom. The van der Waals surface area contributed by atoms with Crippen LogP contribution in [-0.4, -0.2) is 53.7 Å². The van der Waals surface area contributed by atoms with Crippen molar-refractivity contribution >= 4 is 18.0 Å². The lowest BCUT2D eigenvalue weighted by molar-refractivity contribution is -0.140. The van der Waals surface area contributed by atoms with E-state index in [1.165, 1.54) is 0 Å². The molecule has 0 saturated carbocycles. The lowest BCUT2D eigenvalue weighted by Crippen LogP contribution is -2.57. The van der Waals surface area contributed by atoms with E-state index in [0.717, 1.165) is 22.3 Å². The Balaban J connectivity index is 1.35. The van der Waals surface area contributed by atoms with Crippen LogP contribution in [0, 0.1) is 17.8 Å². The Hall–Kier alpha value is -3.79. The van der Waals surface area contributed by atoms with Gasteiger partial charge in [-0.05, 0) is 41.5 Å². The van der Waals surface area contributed by atoms with Crippen molar-refractivity contribution in [3.05, 3.63) is 59.7 Å². The van der Waals surface area contributed by atoms with Crippen LogP contribution in [0.15, 0.2) is 48.5 Å². The Bertz CT molecular complexity index is 1100. The van der Waals surface area contributed by atoms with Crippen LogP contribution in [0.1, 0.15) is 43.2 Å². The molecule has 2 aromatic rings. The van der Waals surface area contributed by atoms with Gasteiger partial charge in [-0.1, -0.05) is 48.5 Å². The van der Waals surface area contributed by atoms with Crippen molar-refractivity contribution in [3.8, 4) is 23.0 Å². The predicted molar refractivity (Wildman–Crippen MR) is 127 cm³/mol. The average molecular weight is 461 g/mol. The highest BCUT2D eigenvalue weighted by molar-refractivity contribution is 5.86. The summed E-state index contributed by atoms with van der Waals surface area (Å²) in [7, 11) is 0. The molecule has 4 rings (SSSR count). The molecule has 1 aliphatic carbocycles. The Kier molecular flexibility index (Phi) is 7.17. The maximum absolute atomic E-state index is 12.9. The SMILES string of the molecule is CC#CCC(NC(=O)OCC1c2ccccc2-c2ccccc21)C(=O)N1CC(CCC(=O)O)C1. The molecule has 2 aromatic carbocycles. The van der Waals surface area contributed by atoms with Crippen LogP contribution in [-0.2, 0) is 14.3 Å². The van der Waals surface area contributed by atoms with E-state index in [0.29, 0.717) is 19.5 Å². The molecule has 7 nitrogen and oxygen atoms in total. The number of carbonyl (C=O) groups excluding carboxylic acids is 2. The third kappa shape index (κ3) is 5.07. The summed E-state index contributed by atoms with van der Waals surface area (Å²) < 4.78 is 5.58. The zero-order chi connectivity index (χ0) is 24.1. The smallest absolute Gasteiger partial charge is 0.407 e. The van der Waals surface area contributed by atoms with Gasteiger partial charge in [-0.15, -0.1) is 11.8 Å². The molecule has 2 amide bonds. The molecule has 1 unspecified atom stereocenters. The quantitative estimate of drug-likeness (QED) is 0.587. The standard InChI is InChI=1S/C27H28N2O5/c1-2-3-12-24(26(32)29-15-18(16-29)13-14-25(30)31)28-27(33)34-17-23-21-10-6-4-8-19(21)20-9-5-7-11-22(20)23/h4-11,18,23-24H,12-17H2,1H3,(H,28,33)(H,30,31). The minimum absolute atomic E-state index is 0.0619. The molecule has 1 aliphatic heterocycles. The maximum atomic E-state index is 12.9. The fourth-order valence-corrected chi connectivity index (χ4v) is 4.67. The number of nitrogens with zero attached hydrogens (tertiary/aromatic N) is 1. The molecule has 7 heteroatoms. The second kappa shape index (κ2) is 10.4. The van der Waals surface area contributed by atoms with E-state index >= 15 is 0 Å². The summed E-state index contributed by atoms with van der Waals surface area (Å²) in [4.78, 5) is 37.9. The first-order valence-electron chi connectivity index (χ1n) is 11.5. The molecule has 1 atom stereocenters. The van der Waals surface area contributed by atoms with Gasteiger partial charge in [0.15, 0.2) is 0 Å². The Morgan fingerprint density at radius 1 is 1.09 bits per heavy atom. The normalized spacial score (nSPS) is 15.3. The van der Waals surface area contributed by atoms with Gasteiger partial charge in [-0.2, -0.15) is 0 Å². The molecule has 1 heterocycles. The van der Waals surface area contributed by atoms with Crippen LogP contribution in [0.4, 0.5) is 4.79 Å². The number of nitrogens with one attached hydrogen (secondary N) is 1. The average Bonchev–Trinajstić information content (AvgIpc) is 3.12. The zero-order valence-electron chi connectivity index (χ0n) is 19.1. The number of carbonyl (C=O) groups is 3. The highest BCUT2D eigenvalue weighted by Crippen LogP contribution is 2.44. The second-order valence-electron chi connectivity index (χ2n) is 8.70. The van der Waals surface area contributed by atoms with Crippen molar-refractivity contribution in [1.82, 2.24) is 10.2 Å². The van der Waals surface area contributed by atoms with Gasteiger partial charge < -0.3 is 20.1 Å². The molecule has 34 heavy (non-hydrogen) atoms. The maximum Gasteiger partial charge on any atom is 0.407 e. The summed E-state index contributed by atoms with van der Waals surface area (Å²) in [6.07, 6.45) is 0.171. The third-order valence-electron chi connectivity index (χ3n) is 6.45. The highest BCUT2D eigenvalue weighted by atomic mass is 16.5. The topological polar surface area (TPSA) is 95.9 Å². The fourth-order valence-electron chi connectivity index (χ4n) is 4.67. The van der Waals surface area contributed by atoms with Gasteiger partial charge in [0, 0.05) is 31.8 Å². The van der Waals surface area contributed by atoms with Crippen LogP contribution in [0.25, 0.3) is 11.1 Å². The molecule has 0 radical (unpaired) electrons. The van der Waals surface area contributed by atoms with E-state index in [-0.39, 0.29) is 37.2 Å². The number of carboxylic acids is 1. The van der Waals surface area contributed by atoms with E-state index in [4.69, 9.17) is 9.84 Å².